The third-order valence-electron chi connectivity index (χ3n) is 12.0. The van der Waals surface area contributed by atoms with Crippen LogP contribution in [-0.4, -0.2) is 0 Å². The first kappa shape index (κ1) is 30.7. The summed E-state index contributed by atoms with van der Waals surface area (Å²) in [6, 6.07) is 12.4. The van der Waals surface area contributed by atoms with Crippen LogP contribution in [0, 0.1) is 23.7 Å². The van der Waals surface area contributed by atoms with Crippen LogP contribution in [-0.2, 0) is 17.3 Å². The van der Waals surface area contributed by atoms with Gasteiger partial charge < -0.3 is 0 Å². The van der Waals surface area contributed by atoms with Crippen molar-refractivity contribution in [1.29, 1.82) is 0 Å². The zero-order valence-electron chi connectivity index (χ0n) is 28.4. The van der Waals surface area contributed by atoms with E-state index in [-0.39, 0.29) is 10.8 Å². The smallest absolute Gasteiger partial charge is 0.0210 e. The van der Waals surface area contributed by atoms with Crippen molar-refractivity contribution in [3.63, 3.8) is 0 Å². The van der Waals surface area contributed by atoms with Crippen LogP contribution < -0.4 is 0 Å². The Morgan fingerprint density at radius 1 is 0.721 bits per heavy atom. The van der Waals surface area contributed by atoms with Gasteiger partial charge in [0.25, 0.3) is 0 Å². The van der Waals surface area contributed by atoms with Gasteiger partial charge in [-0.25, -0.2) is 0 Å². The lowest BCUT2D eigenvalue weighted by molar-refractivity contribution is 0.236. The molecule has 2 unspecified atom stereocenters. The number of fused-ring (bicyclic) bond motifs is 3. The van der Waals surface area contributed by atoms with E-state index in [2.05, 4.69) is 109 Å². The highest BCUT2D eigenvalue weighted by atomic mass is 14.4. The molecule has 230 valence electrons. The Labute approximate surface area is 264 Å². The van der Waals surface area contributed by atoms with E-state index in [0.29, 0.717) is 17.8 Å². The lowest BCUT2D eigenvalue weighted by atomic mass is 9.67. The summed E-state index contributed by atoms with van der Waals surface area (Å²) in [5.41, 5.74) is 12.5. The minimum absolute atomic E-state index is 0.0152. The average Bonchev–Trinajstić information content (AvgIpc) is 3.67. The first-order valence-corrected chi connectivity index (χ1v) is 17.9. The molecule has 2 fully saturated rings. The third kappa shape index (κ3) is 6.15. The Morgan fingerprint density at radius 2 is 1.28 bits per heavy atom. The molecule has 2 atom stereocenters. The van der Waals surface area contributed by atoms with Gasteiger partial charge in [-0.3, -0.25) is 0 Å². The predicted octanol–water partition coefficient (Wildman–Crippen LogP) is 12.4. The summed E-state index contributed by atoms with van der Waals surface area (Å²) < 4.78 is 0. The minimum atomic E-state index is 0.0152. The van der Waals surface area contributed by atoms with Crippen LogP contribution in [0.25, 0.3) is 11.1 Å². The Hall–Kier alpha value is -2.34. The highest BCUT2D eigenvalue weighted by Gasteiger charge is 2.34. The maximum atomic E-state index is 2.77. The molecule has 0 spiro atoms. The van der Waals surface area contributed by atoms with Gasteiger partial charge in [-0.2, -0.15) is 0 Å². The highest BCUT2D eigenvalue weighted by Crippen LogP contribution is 2.48. The second kappa shape index (κ2) is 12.2. The largest absolute Gasteiger partial charge is 0.0747 e. The SMILES string of the molecule is CC(C(=CC(C)(C)c1ccc2c(c1)Cc1c-2ccc(C(C)(C)C)c1C1C=CC=C1)C(C)C1CCCCC1)C1CCCCC1. The molecule has 0 amide bonds. The number of hydrogen-bond donors (Lipinski definition) is 0. The lowest BCUT2D eigenvalue weighted by Crippen LogP contribution is -2.27. The Balaban J connectivity index is 1.35. The standard InChI is InChI=1S/C43H58/c1-29(31-16-10-8-11-17-31)39(30(2)32-18-12-9-13-19-32)28-43(6,7)35-22-23-36-34(26-35)27-38-37(36)24-25-40(42(3,4)5)41(38)33-20-14-15-21-33/h14-15,20-26,28-33H,8-13,16-19,27H2,1-7H3. The number of benzene rings is 2. The first-order valence-electron chi connectivity index (χ1n) is 17.9. The fourth-order valence-electron chi connectivity index (χ4n) is 9.35. The van der Waals surface area contributed by atoms with Gasteiger partial charge in [-0.05, 0) is 100 Å². The van der Waals surface area contributed by atoms with E-state index in [1.165, 1.54) is 92.0 Å². The molecular formula is C43H58. The molecule has 0 aromatic heterocycles. The topological polar surface area (TPSA) is 0 Å². The first-order chi connectivity index (χ1) is 20.5. The van der Waals surface area contributed by atoms with E-state index < -0.39 is 0 Å². The maximum Gasteiger partial charge on any atom is 0.0210 e. The molecule has 0 saturated heterocycles. The molecule has 0 heterocycles. The fourth-order valence-corrected chi connectivity index (χ4v) is 9.35. The van der Waals surface area contributed by atoms with Crippen LogP contribution >= 0.6 is 0 Å². The molecule has 0 radical (unpaired) electrons. The molecule has 0 bridgehead atoms. The Morgan fingerprint density at radius 3 is 1.84 bits per heavy atom. The number of rotatable bonds is 7. The third-order valence-corrected chi connectivity index (χ3v) is 12.0. The van der Waals surface area contributed by atoms with E-state index in [1.54, 1.807) is 16.7 Å². The Bertz CT molecular complexity index is 1350. The number of allylic oxidation sites excluding steroid dienone is 6. The van der Waals surface area contributed by atoms with Gasteiger partial charge in [0.1, 0.15) is 0 Å². The molecule has 0 heteroatoms. The zero-order chi connectivity index (χ0) is 30.4. The van der Waals surface area contributed by atoms with Gasteiger partial charge >= 0.3 is 0 Å². The summed E-state index contributed by atoms with van der Waals surface area (Å²) in [4.78, 5) is 0. The van der Waals surface area contributed by atoms with E-state index in [9.17, 15) is 0 Å². The maximum absolute atomic E-state index is 2.77. The summed E-state index contributed by atoms with van der Waals surface area (Å²) in [5.74, 6) is 3.51. The Kier molecular flexibility index (Phi) is 8.71. The summed E-state index contributed by atoms with van der Waals surface area (Å²) in [7, 11) is 0. The van der Waals surface area contributed by atoms with Crippen molar-refractivity contribution in [3.8, 4) is 11.1 Å². The molecule has 4 aliphatic carbocycles. The van der Waals surface area contributed by atoms with Crippen LogP contribution in [0.2, 0.25) is 0 Å². The molecule has 2 aromatic rings. The van der Waals surface area contributed by atoms with E-state index in [4.69, 9.17) is 0 Å². The minimum Gasteiger partial charge on any atom is -0.0747 e. The summed E-state index contributed by atoms with van der Waals surface area (Å²) >= 11 is 0. The van der Waals surface area contributed by atoms with E-state index in [0.717, 1.165) is 18.3 Å². The van der Waals surface area contributed by atoms with Gasteiger partial charge in [-0.15, -0.1) is 0 Å². The van der Waals surface area contributed by atoms with Crippen LogP contribution in [0.1, 0.15) is 146 Å². The highest BCUT2D eigenvalue weighted by molar-refractivity contribution is 5.80. The van der Waals surface area contributed by atoms with E-state index in [1.807, 2.05) is 0 Å². The summed E-state index contributed by atoms with van der Waals surface area (Å²) in [6.07, 6.45) is 27.4. The van der Waals surface area contributed by atoms with Crippen molar-refractivity contribution in [1.82, 2.24) is 0 Å². The van der Waals surface area contributed by atoms with Crippen LogP contribution in [0.3, 0.4) is 0 Å². The lowest BCUT2D eigenvalue weighted by Gasteiger charge is -2.38. The van der Waals surface area contributed by atoms with Crippen molar-refractivity contribution in [2.24, 2.45) is 23.7 Å². The van der Waals surface area contributed by atoms with Gasteiger partial charge in [0.05, 0.1) is 0 Å². The molecule has 6 rings (SSSR count). The van der Waals surface area contributed by atoms with Crippen LogP contribution in [0.15, 0.2) is 66.3 Å². The molecular weight excluding hydrogens is 516 g/mol. The molecule has 2 saturated carbocycles. The van der Waals surface area contributed by atoms with Crippen molar-refractivity contribution in [2.45, 2.75) is 136 Å². The molecule has 0 aliphatic heterocycles. The quantitative estimate of drug-likeness (QED) is 0.246. The monoisotopic (exact) mass is 574 g/mol. The molecule has 43 heavy (non-hydrogen) atoms. The van der Waals surface area contributed by atoms with Crippen LogP contribution in [0.5, 0.6) is 0 Å². The second-order valence-electron chi connectivity index (χ2n) is 16.4. The summed E-state index contributed by atoms with van der Waals surface area (Å²) in [6.45, 7) is 17.3. The van der Waals surface area contributed by atoms with Crippen LogP contribution in [0.4, 0.5) is 0 Å². The van der Waals surface area contributed by atoms with Gasteiger partial charge in [0.15, 0.2) is 0 Å². The molecule has 0 N–H and O–H groups in total. The number of hydrogen-bond acceptors (Lipinski definition) is 0. The normalized spacial score (nSPS) is 21.1. The molecule has 4 aliphatic rings. The van der Waals surface area contributed by atoms with Gasteiger partial charge in [0, 0.05) is 11.3 Å². The fraction of sp³-hybridized carbons (Fsp3) is 0.581. The van der Waals surface area contributed by atoms with Gasteiger partial charge in [-0.1, -0.05) is 153 Å². The second-order valence-corrected chi connectivity index (χ2v) is 16.4. The van der Waals surface area contributed by atoms with E-state index >= 15 is 0 Å². The van der Waals surface area contributed by atoms with Gasteiger partial charge in [0.2, 0.25) is 0 Å². The van der Waals surface area contributed by atoms with Crippen molar-refractivity contribution < 1.29 is 0 Å². The van der Waals surface area contributed by atoms with Crippen molar-refractivity contribution in [3.05, 3.63) is 94.1 Å². The predicted molar refractivity (Wildman–Crippen MR) is 187 cm³/mol. The zero-order valence-corrected chi connectivity index (χ0v) is 28.4. The molecule has 0 nitrogen and oxygen atoms in total. The van der Waals surface area contributed by atoms with Crippen molar-refractivity contribution in [2.75, 3.05) is 0 Å². The average molecular weight is 575 g/mol. The van der Waals surface area contributed by atoms with Crippen molar-refractivity contribution >= 4 is 0 Å². The molecule has 2 aromatic carbocycles. The summed E-state index contributed by atoms with van der Waals surface area (Å²) in [5, 5.41) is 0.